The molecule has 0 N–H and O–H groups in total. The smallest absolute Gasteiger partial charge is 0.245 e. The molecule has 9 heteroatoms. The van der Waals surface area contributed by atoms with Crippen LogP contribution in [0.25, 0.3) is 0 Å². The van der Waals surface area contributed by atoms with Crippen molar-refractivity contribution in [3.05, 3.63) is 47.9 Å². The van der Waals surface area contributed by atoms with E-state index in [4.69, 9.17) is 7.85 Å². The van der Waals surface area contributed by atoms with E-state index >= 15 is 0 Å². The van der Waals surface area contributed by atoms with Gasteiger partial charge in [-0.1, -0.05) is 44.2 Å². The van der Waals surface area contributed by atoms with Gasteiger partial charge in [-0.25, -0.2) is 9.97 Å². The zero-order valence-electron chi connectivity index (χ0n) is 20.5. The highest BCUT2D eigenvalue weighted by Crippen LogP contribution is 2.17. The van der Waals surface area contributed by atoms with E-state index in [0.717, 1.165) is 44.7 Å². The minimum absolute atomic E-state index is 0.0262. The van der Waals surface area contributed by atoms with Gasteiger partial charge in [0.05, 0.1) is 6.42 Å². The predicted molar refractivity (Wildman–Crippen MR) is 135 cm³/mol. The summed E-state index contributed by atoms with van der Waals surface area (Å²) < 4.78 is 0. The van der Waals surface area contributed by atoms with Gasteiger partial charge in [0.1, 0.15) is 19.7 Å². The highest BCUT2D eigenvalue weighted by Gasteiger charge is 2.26. The lowest BCUT2D eigenvalue weighted by Crippen LogP contribution is -2.52. The van der Waals surface area contributed by atoms with Gasteiger partial charge in [-0.05, 0) is 30.4 Å². The lowest BCUT2D eigenvalue weighted by Gasteiger charge is -2.38. The minimum atomic E-state index is -0.0262. The van der Waals surface area contributed by atoms with Gasteiger partial charge in [0.2, 0.25) is 11.7 Å². The standard InChI is InChI=1S/C25H34BN7O/c1-20(2)19-33(25-22(26)18-28-23(17-27)29-25)32(24(34)16-21-8-5-4-6-9-21)11-7-10-31-14-12-30(3)13-15-31/h4-6,8-9,18,20H,7,10-16,19H2,1-3H3. The minimum Gasteiger partial charge on any atom is -0.304 e. The number of aromatic nitrogens is 2. The number of benzene rings is 1. The maximum absolute atomic E-state index is 13.6. The third kappa shape index (κ3) is 7.27. The van der Waals surface area contributed by atoms with Crippen LogP contribution in [0.15, 0.2) is 36.5 Å². The molecular weight excluding hydrogens is 425 g/mol. The van der Waals surface area contributed by atoms with E-state index < -0.39 is 0 Å². The van der Waals surface area contributed by atoms with E-state index in [9.17, 15) is 10.1 Å². The summed E-state index contributed by atoms with van der Waals surface area (Å²) in [7, 11) is 8.39. The van der Waals surface area contributed by atoms with Crippen molar-refractivity contribution in [1.29, 1.82) is 5.26 Å². The van der Waals surface area contributed by atoms with Crippen LogP contribution in [-0.4, -0.2) is 91.4 Å². The largest absolute Gasteiger partial charge is 0.304 e. The van der Waals surface area contributed by atoms with Gasteiger partial charge in [-0.3, -0.25) is 14.8 Å². The van der Waals surface area contributed by atoms with Crippen molar-refractivity contribution in [2.75, 3.05) is 57.9 Å². The molecule has 0 saturated carbocycles. The average molecular weight is 459 g/mol. The number of hydrazine groups is 1. The van der Waals surface area contributed by atoms with Crippen molar-refractivity contribution in [2.24, 2.45) is 5.92 Å². The van der Waals surface area contributed by atoms with Crippen LogP contribution in [0.1, 0.15) is 31.7 Å². The van der Waals surface area contributed by atoms with Crippen LogP contribution in [0, 0.1) is 17.2 Å². The van der Waals surface area contributed by atoms with E-state index in [0.29, 0.717) is 24.4 Å². The molecule has 1 saturated heterocycles. The third-order valence-electron chi connectivity index (χ3n) is 5.90. The summed E-state index contributed by atoms with van der Waals surface area (Å²) in [5.41, 5.74) is 1.30. The summed E-state index contributed by atoms with van der Waals surface area (Å²) in [6.45, 7) is 10.4. The zero-order valence-corrected chi connectivity index (χ0v) is 20.5. The van der Waals surface area contributed by atoms with Crippen molar-refractivity contribution < 1.29 is 4.79 Å². The normalized spacial score (nSPS) is 14.7. The predicted octanol–water partition coefficient (Wildman–Crippen LogP) is 1.23. The molecule has 2 radical (unpaired) electrons. The molecular formula is C25H34BN7O. The van der Waals surface area contributed by atoms with Gasteiger partial charge in [-0.2, -0.15) is 5.26 Å². The first-order valence-electron chi connectivity index (χ1n) is 11.9. The summed E-state index contributed by atoms with van der Waals surface area (Å²) in [6, 6.07) is 11.7. The van der Waals surface area contributed by atoms with Crippen LogP contribution in [0.3, 0.4) is 0 Å². The topological polar surface area (TPSA) is 79.6 Å². The van der Waals surface area contributed by atoms with Crippen molar-refractivity contribution in [3.8, 4) is 6.07 Å². The van der Waals surface area contributed by atoms with Crippen LogP contribution in [-0.2, 0) is 11.2 Å². The Morgan fingerprint density at radius 1 is 1.21 bits per heavy atom. The molecule has 2 heterocycles. The first-order chi connectivity index (χ1) is 16.4. The number of piperazine rings is 1. The van der Waals surface area contributed by atoms with Crippen LogP contribution in [0.4, 0.5) is 5.82 Å². The molecule has 3 rings (SSSR count). The summed E-state index contributed by atoms with van der Waals surface area (Å²) >= 11 is 0. The van der Waals surface area contributed by atoms with Crippen molar-refractivity contribution in [2.45, 2.75) is 26.7 Å². The fourth-order valence-electron chi connectivity index (χ4n) is 4.05. The Bertz CT molecular complexity index is 971. The molecule has 0 aliphatic carbocycles. The zero-order chi connectivity index (χ0) is 24.5. The molecule has 1 aromatic carbocycles. The molecule has 1 aliphatic heterocycles. The van der Waals surface area contributed by atoms with Crippen molar-refractivity contribution in [3.63, 3.8) is 0 Å². The molecule has 2 aromatic rings. The molecule has 8 nitrogen and oxygen atoms in total. The first kappa shape index (κ1) is 25.7. The number of carbonyl (C=O) groups excluding carboxylic acids is 1. The molecule has 1 aromatic heterocycles. The number of hydrogen-bond donors (Lipinski definition) is 0. The highest BCUT2D eigenvalue weighted by molar-refractivity contribution is 6.35. The first-order valence-corrected chi connectivity index (χ1v) is 11.9. The molecule has 1 aliphatic rings. The molecule has 0 atom stereocenters. The second-order valence-corrected chi connectivity index (χ2v) is 9.24. The van der Waals surface area contributed by atoms with E-state index in [1.54, 1.807) is 5.01 Å². The number of anilines is 1. The van der Waals surface area contributed by atoms with Crippen LogP contribution < -0.4 is 10.5 Å². The van der Waals surface area contributed by atoms with Gasteiger partial charge < -0.3 is 9.80 Å². The number of hydrogen-bond acceptors (Lipinski definition) is 7. The second kappa shape index (κ2) is 12.5. The van der Waals surface area contributed by atoms with Gasteiger partial charge in [-0.15, -0.1) is 0 Å². The summed E-state index contributed by atoms with van der Waals surface area (Å²) in [5.74, 6) is 0.651. The summed E-state index contributed by atoms with van der Waals surface area (Å²) in [6.07, 6.45) is 2.55. The lowest BCUT2D eigenvalue weighted by molar-refractivity contribution is -0.131. The highest BCUT2D eigenvalue weighted by atomic mass is 16.2. The van der Waals surface area contributed by atoms with E-state index in [-0.39, 0.29) is 24.1 Å². The van der Waals surface area contributed by atoms with Crippen LogP contribution >= 0.6 is 0 Å². The Morgan fingerprint density at radius 3 is 2.56 bits per heavy atom. The van der Waals surface area contributed by atoms with Crippen LogP contribution in [0.5, 0.6) is 0 Å². The van der Waals surface area contributed by atoms with Gasteiger partial charge >= 0.3 is 0 Å². The Labute approximate surface area is 204 Å². The van der Waals surface area contributed by atoms with Gasteiger partial charge in [0.15, 0.2) is 0 Å². The van der Waals surface area contributed by atoms with Crippen LogP contribution in [0.2, 0.25) is 0 Å². The second-order valence-electron chi connectivity index (χ2n) is 9.24. The average Bonchev–Trinajstić information content (AvgIpc) is 2.82. The van der Waals surface area contributed by atoms with E-state index in [1.807, 2.05) is 41.4 Å². The number of carbonyl (C=O) groups is 1. The monoisotopic (exact) mass is 459 g/mol. The quantitative estimate of drug-likeness (QED) is 0.391. The Kier molecular flexibility index (Phi) is 9.43. The van der Waals surface area contributed by atoms with E-state index in [1.165, 1.54) is 6.20 Å². The Balaban J connectivity index is 1.85. The molecule has 1 fully saturated rings. The number of nitrogens with zero attached hydrogens (tertiary/aromatic N) is 7. The maximum Gasteiger partial charge on any atom is 0.245 e. The molecule has 34 heavy (non-hydrogen) atoms. The number of rotatable bonds is 10. The summed E-state index contributed by atoms with van der Waals surface area (Å²) in [5, 5.41) is 13.0. The van der Waals surface area contributed by atoms with Gasteiger partial charge in [0.25, 0.3) is 0 Å². The van der Waals surface area contributed by atoms with E-state index in [2.05, 4.69) is 40.7 Å². The van der Waals surface area contributed by atoms with Gasteiger partial charge in [0, 0.05) is 52.0 Å². The number of amides is 1. The molecule has 178 valence electrons. The van der Waals surface area contributed by atoms with Crippen molar-refractivity contribution >= 4 is 25.0 Å². The van der Waals surface area contributed by atoms with Crippen molar-refractivity contribution in [1.82, 2.24) is 24.8 Å². The SMILES string of the molecule is [B]c1cnc(C#N)nc1N(CC(C)C)N(CCCN1CCN(C)CC1)C(=O)Cc1ccccc1. The number of likely N-dealkylation sites (N-methyl/N-ethyl adjacent to an activating group) is 1. The lowest BCUT2D eigenvalue weighted by atomic mass is 9.98. The third-order valence-corrected chi connectivity index (χ3v) is 5.90. The fourth-order valence-corrected chi connectivity index (χ4v) is 4.05. The molecule has 0 spiro atoms. The summed E-state index contributed by atoms with van der Waals surface area (Å²) in [4.78, 5) is 26.8. The Morgan fingerprint density at radius 2 is 1.91 bits per heavy atom. The number of nitriles is 1. The fraction of sp³-hybridized carbons (Fsp3) is 0.520. The molecule has 1 amide bonds. The molecule has 0 bridgehead atoms. The molecule has 0 unspecified atom stereocenters. The maximum atomic E-state index is 13.6. The Hall–Kier alpha value is -2.96.